The minimum atomic E-state index is 0.670. The van der Waals surface area contributed by atoms with E-state index >= 15 is 0 Å². The van der Waals surface area contributed by atoms with Crippen LogP contribution in [-0.4, -0.2) is 38.1 Å². The molecule has 0 bridgehead atoms. The zero-order valence-electron chi connectivity index (χ0n) is 8.02. The lowest BCUT2D eigenvalue weighted by atomic mass is 10.5. The van der Waals surface area contributed by atoms with Gasteiger partial charge in [-0.25, -0.2) is 10.4 Å². The lowest BCUT2D eigenvalue weighted by Crippen LogP contribution is -2.11. The summed E-state index contributed by atoms with van der Waals surface area (Å²) in [4.78, 5) is 5.57. The molecule has 0 spiro atoms. The maximum Gasteiger partial charge on any atom is 0.0861 e. The van der Waals surface area contributed by atoms with Crippen molar-refractivity contribution in [1.29, 1.82) is 5.41 Å². The third-order valence-corrected chi connectivity index (χ3v) is 0.908. The van der Waals surface area contributed by atoms with E-state index in [4.69, 9.17) is 5.41 Å². The van der Waals surface area contributed by atoms with E-state index in [1.165, 1.54) is 13.0 Å². The van der Waals surface area contributed by atoms with Crippen molar-refractivity contribution in [2.24, 2.45) is 4.99 Å². The van der Waals surface area contributed by atoms with E-state index in [0.717, 1.165) is 0 Å². The van der Waals surface area contributed by atoms with Crippen molar-refractivity contribution >= 4 is 6.01 Å². The molecular weight excluding hydrogens is 138 g/mol. The second-order valence-corrected chi connectivity index (χ2v) is 2.39. The molecule has 0 aliphatic carbocycles. The zero-order chi connectivity index (χ0) is 9.11. The molecule has 0 rings (SSSR count). The summed E-state index contributed by atoms with van der Waals surface area (Å²) in [5.41, 5.74) is 0. The van der Waals surface area contributed by atoms with E-state index in [1.807, 2.05) is 12.9 Å². The summed E-state index contributed by atoms with van der Waals surface area (Å²) < 4.78 is 0. The monoisotopic (exact) mass is 157 g/mol. The van der Waals surface area contributed by atoms with Crippen LogP contribution < -0.4 is 0 Å². The average Bonchev–Trinajstić information content (AvgIpc) is 1.90. The molecule has 11 heavy (non-hydrogen) atoms. The lowest BCUT2D eigenvalue weighted by molar-refractivity contribution is 0.408. The van der Waals surface area contributed by atoms with Crippen molar-refractivity contribution in [3.05, 3.63) is 0 Å². The molecule has 0 aliphatic heterocycles. The highest BCUT2D eigenvalue weighted by Crippen LogP contribution is 1.76. The predicted molar refractivity (Wildman–Crippen MR) is 49.5 cm³/mol. The molecule has 0 aromatic heterocycles. The SMILES string of the molecule is CCCN(C)C.CCN=C=N. The molecule has 0 unspecified atom stereocenters. The van der Waals surface area contributed by atoms with Crippen molar-refractivity contribution in [3.8, 4) is 0 Å². The van der Waals surface area contributed by atoms with Crippen LogP contribution in [0.3, 0.4) is 0 Å². The molecule has 0 heterocycles. The number of hydrogen-bond acceptors (Lipinski definition) is 3. The van der Waals surface area contributed by atoms with Gasteiger partial charge in [0.05, 0.1) is 6.01 Å². The first-order chi connectivity index (χ1) is 5.18. The van der Waals surface area contributed by atoms with Crippen LogP contribution in [-0.2, 0) is 0 Å². The number of hydrogen-bond donors (Lipinski definition) is 1. The van der Waals surface area contributed by atoms with Gasteiger partial charge in [-0.3, -0.25) is 0 Å². The Bertz CT molecular complexity index is 104. The molecule has 0 atom stereocenters. The Labute approximate surface area is 69.6 Å². The smallest absolute Gasteiger partial charge is 0.0861 e. The Morgan fingerprint density at radius 3 is 1.91 bits per heavy atom. The summed E-state index contributed by atoms with van der Waals surface area (Å²) in [5.74, 6) is 0. The van der Waals surface area contributed by atoms with E-state index in [1.54, 1.807) is 0 Å². The third kappa shape index (κ3) is 26.7. The van der Waals surface area contributed by atoms with Gasteiger partial charge in [-0.1, -0.05) is 6.92 Å². The van der Waals surface area contributed by atoms with E-state index in [9.17, 15) is 0 Å². The maximum absolute atomic E-state index is 6.19. The summed E-state index contributed by atoms with van der Waals surface area (Å²) >= 11 is 0. The molecule has 0 aliphatic rings. The molecule has 3 nitrogen and oxygen atoms in total. The summed E-state index contributed by atoms with van der Waals surface area (Å²) in [7, 11) is 4.17. The Morgan fingerprint density at radius 2 is 1.91 bits per heavy atom. The van der Waals surface area contributed by atoms with Gasteiger partial charge in [0.2, 0.25) is 0 Å². The molecule has 0 aromatic rings. The van der Waals surface area contributed by atoms with Gasteiger partial charge >= 0.3 is 0 Å². The highest BCUT2D eigenvalue weighted by molar-refractivity contribution is 5.35. The Kier molecular flexibility index (Phi) is 14.2. The first kappa shape index (κ1) is 13.0. The molecule has 0 amide bonds. The van der Waals surface area contributed by atoms with Gasteiger partial charge in [-0.05, 0) is 34.0 Å². The van der Waals surface area contributed by atoms with Crippen LogP contribution in [0.4, 0.5) is 0 Å². The normalized spacial score (nSPS) is 8.09. The third-order valence-electron chi connectivity index (χ3n) is 0.908. The van der Waals surface area contributed by atoms with E-state index in [2.05, 4.69) is 30.9 Å². The number of aliphatic imine (C=N–C) groups is 1. The first-order valence-electron chi connectivity index (χ1n) is 3.91. The first-order valence-corrected chi connectivity index (χ1v) is 3.91. The van der Waals surface area contributed by atoms with Crippen LogP contribution in [0.25, 0.3) is 0 Å². The van der Waals surface area contributed by atoms with E-state index in [0.29, 0.717) is 6.54 Å². The Hall–Kier alpha value is -0.660. The topological polar surface area (TPSA) is 39.5 Å². The van der Waals surface area contributed by atoms with Crippen molar-refractivity contribution in [1.82, 2.24) is 4.90 Å². The molecule has 0 radical (unpaired) electrons. The minimum absolute atomic E-state index is 0.670. The van der Waals surface area contributed by atoms with Crippen LogP contribution in [0.1, 0.15) is 20.3 Å². The highest BCUT2D eigenvalue weighted by atomic mass is 15.0. The highest BCUT2D eigenvalue weighted by Gasteiger charge is 1.79. The van der Waals surface area contributed by atoms with Crippen molar-refractivity contribution in [3.63, 3.8) is 0 Å². The van der Waals surface area contributed by atoms with Crippen LogP contribution in [0.15, 0.2) is 4.99 Å². The quantitative estimate of drug-likeness (QED) is 0.622. The average molecular weight is 157 g/mol. The van der Waals surface area contributed by atoms with Crippen LogP contribution in [0.5, 0.6) is 0 Å². The molecule has 3 heteroatoms. The van der Waals surface area contributed by atoms with Crippen LogP contribution >= 0.6 is 0 Å². The Balaban J connectivity index is 0. The molecule has 0 saturated carbocycles. The van der Waals surface area contributed by atoms with Gasteiger partial charge in [0.1, 0.15) is 0 Å². The maximum atomic E-state index is 6.19. The number of rotatable bonds is 3. The van der Waals surface area contributed by atoms with Gasteiger partial charge in [-0.15, -0.1) is 0 Å². The second-order valence-electron chi connectivity index (χ2n) is 2.39. The van der Waals surface area contributed by atoms with Crippen molar-refractivity contribution in [2.75, 3.05) is 27.2 Å². The fourth-order valence-corrected chi connectivity index (χ4v) is 0.526. The Morgan fingerprint density at radius 1 is 1.36 bits per heavy atom. The van der Waals surface area contributed by atoms with E-state index in [-0.39, 0.29) is 0 Å². The lowest BCUT2D eigenvalue weighted by Gasteiger charge is -2.03. The molecule has 0 saturated heterocycles. The second kappa shape index (κ2) is 12.1. The molecule has 0 aromatic carbocycles. The molecule has 66 valence electrons. The van der Waals surface area contributed by atoms with Crippen molar-refractivity contribution < 1.29 is 0 Å². The number of nitrogens with one attached hydrogen (secondary N) is 1. The molecule has 0 fully saturated rings. The summed E-state index contributed by atoms with van der Waals surface area (Å²) in [5, 5.41) is 6.19. The number of nitrogens with zero attached hydrogens (tertiary/aromatic N) is 2. The molecule has 1 N–H and O–H groups in total. The van der Waals surface area contributed by atoms with Gasteiger partial charge in [0, 0.05) is 6.54 Å². The summed E-state index contributed by atoms with van der Waals surface area (Å²) in [6, 6.07) is 1.89. The predicted octanol–water partition coefficient (Wildman–Crippen LogP) is 1.72. The van der Waals surface area contributed by atoms with Gasteiger partial charge in [0.15, 0.2) is 0 Å². The van der Waals surface area contributed by atoms with Gasteiger partial charge < -0.3 is 4.90 Å². The fraction of sp³-hybridized carbons (Fsp3) is 0.875. The van der Waals surface area contributed by atoms with Gasteiger partial charge in [-0.2, -0.15) is 0 Å². The zero-order valence-corrected chi connectivity index (χ0v) is 8.02. The fourth-order valence-electron chi connectivity index (χ4n) is 0.526. The summed E-state index contributed by atoms with van der Waals surface area (Å²) in [6.45, 7) is 5.92. The van der Waals surface area contributed by atoms with E-state index < -0.39 is 0 Å². The standard InChI is InChI=1S/C5H13N.C3H6N2/c1-4-5-6(2)3;1-2-5-3-4/h4-5H2,1-3H3;4H,2H2,1H3. The van der Waals surface area contributed by atoms with Crippen LogP contribution in [0, 0.1) is 5.41 Å². The molecular formula is C8H19N3. The summed E-state index contributed by atoms with van der Waals surface area (Å²) in [6.07, 6.45) is 1.26. The largest absolute Gasteiger partial charge is 0.309 e. The van der Waals surface area contributed by atoms with Crippen LogP contribution in [0.2, 0.25) is 0 Å². The van der Waals surface area contributed by atoms with Crippen molar-refractivity contribution in [2.45, 2.75) is 20.3 Å². The minimum Gasteiger partial charge on any atom is -0.309 e. The van der Waals surface area contributed by atoms with Gasteiger partial charge in [0.25, 0.3) is 0 Å².